The van der Waals surface area contributed by atoms with Crippen LogP contribution < -0.4 is 0 Å². The molecular formula is C21H22N2O. The molecule has 0 saturated carbocycles. The Balaban J connectivity index is 1.59. The van der Waals surface area contributed by atoms with Gasteiger partial charge in [0.15, 0.2) is 0 Å². The van der Waals surface area contributed by atoms with Crippen molar-refractivity contribution in [1.82, 2.24) is 9.47 Å². The summed E-state index contributed by atoms with van der Waals surface area (Å²) >= 11 is 0. The van der Waals surface area contributed by atoms with Crippen molar-refractivity contribution in [1.29, 1.82) is 0 Å². The van der Waals surface area contributed by atoms with Gasteiger partial charge in [-0.25, -0.2) is 0 Å². The van der Waals surface area contributed by atoms with Crippen LogP contribution in [0.1, 0.15) is 22.3 Å². The molecule has 0 unspecified atom stereocenters. The van der Waals surface area contributed by atoms with Gasteiger partial charge in [0.2, 0.25) is 5.91 Å². The van der Waals surface area contributed by atoms with Crippen molar-refractivity contribution >= 4 is 16.8 Å². The van der Waals surface area contributed by atoms with Crippen LogP contribution in [-0.2, 0) is 31.2 Å². The third kappa shape index (κ3) is 2.60. The highest BCUT2D eigenvalue weighted by Crippen LogP contribution is 2.29. The highest BCUT2D eigenvalue weighted by molar-refractivity contribution is 5.88. The SMILES string of the molecule is Cc1ccc(CC(=O)N2CCc3cn(C)c4cccc(c34)C2)cc1. The summed E-state index contributed by atoms with van der Waals surface area (Å²) in [5.74, 6) is 0.213. The van der Waals surface area contributed by atoms with Gasteiger partial charge < -0.3 is 9.47 Å². The highest BCUT2D eigenvalue weighted by atomic mass is 16.2. The van der Waals surface area contributed by atoms with Crippen LogP contribution in [0.25, 0.3) is 10.9 Å². The van der Waals surface area contributed by atoms with Crippen LogP contribution in [0.3, 0.4) is 0 Å². The maximum atomic E-state index is 12.8. The van der Waals surface area contributed by atoms with Crippen LogP contribution in [0.15, 0.2) is 48.7 Å². The molecule has 1 aromatic heterocycles. The van der Waals surface area contributed by atoms with Crippen LogP contribution in [0.4, 0.5) is 0 Å². The molecule has 0 fully saturated rings. The van der Waals surface area contributed by atoms with Crippen molar-refractivity contribution in [3.8, 4) is 0 Å². The van der Waals surface area contributed by atoms with Crippen LogP contribution in [0.5, 0.6) is 0 Å². The monoisotopic (exact) mass is 318 g/mol. The molecule has 0 atom stereocenters. The van der Waals surface area contributed by atoms with E-state index in [1.807, 2.05) is 4.90 Å². The topological polar surface area (TPSA) is 25.2 Å². The molecule has 122 valence electrons. The molecule has 0 aliphatic carbocycles. The lowest BCUT2D eigenvalue weighted by atomic mass is 10.1. The zero-order valence-electron chi connectivity index (χ0n) is 14.2. The first-order valence-corrected chi connectivity index (χ1v) is 8.51. The fourth-order valence-corrected chi connectivity index (χ4v) is 3.69. The second-order valence-corrected chi connectivity index (χ2v) is 6.80. The second kappa shape index (κ2) is 5.82. The van der Waals surface area contributed by atoms with Gasteiger partial charge in [0.1, 0.15) is 0 Å². The summed E-state index contributed by atoms with van der Waals surface area (Å²) in [7, 11) is 2.09. The number of aryl methyl sites for hydroxylation is 2. The van der Waals surface area contributed by atoms with Crippen LogP contribution in [-0.4, -0.2) is 21.9 Å². The van der Waals surface area contributed by atoms with E-state index >= 15 is 0 Å². The molecule has 1 aliphatic rings. The van der Waals surface area contributed by atoms with Crippen LogP contribution in [0, 0.1) is 6.92 Å². The average Bonchev–Trinajstić information content (AvgIpc) is 2.78. The molecule has 1 aliphatic heterocycles. The van der Waals surface area contributed by atoms with Gasteiger partial charge in [-0.2, -0.15) is 0 Å². The summed E-state index contributed by atoms with van der Waals surface area (Å²) in [6.07, 6.45) is 3.62. The van der Waals surface area contributed by atoms with Crippen molar-refractivity contribution in [2.24, 2.45) is 7.05 Å². The van der Waals surface area contributed by atoms with E-state index in [1.165, 1.54) is 27.6 Å². The normalized spacial score (nSPS) is 14.0. The number of carbonyl (C=O) groups excluding carboxylic acids is 1. The molecule has 0 bridgehead atoms. The summed E-state index contributed by atoms with van der Waals surface area (Å²) in [5.41, 5.74) is 6.19. The van der Waals surface area contributed by atoms with Crippen molar-refractivity contribution in [2.75, 3.05) is 6.54 Å². The zero-order valence-corrected chi connectivity index (χ0v) is 14.2. The Morgan fingerprint density at radius 2 is 1.88 bits per heavy atom. The van der Waals surface area contributed by atoms with Gasteiger partial charge >= 0.3 is 0 Å². The molecule has 0 saturated heterocycles. The van der Waals surface area contributed by atoms with Gasteiger partial charge in [0, 0.05) is 37.2 Å². The van der Waals surface area contributed by atoms with Crippen LogP contribution >= 0.6 is 0 Å². The number of carbonyl (C=O) groups is 1. The second-order valence-electron chi connectivity index (χ2n) is 6.80. The fraction of sp³-hybridized carbons (Fsp3) is 0.286. The van der Waals surface area contributed by atoms with E-state index in [-0.39, 0.29) is 5.91 Å². The standard InChI is InChI=1S/C21H22N2O/c1-15-6-8-16(9-7-15)12-20(24)23-11-10-18-13-22(2)19-5-3-4-17(14-23)21(18)19/h3-9,13H,10-12,14H2,1-2H3. The number of rotatable bonds is 2. The van der Waals surface area contributed by atoms with Gasteiger partial charge in [0.25, 0.3) is 0 Å². The molecule has 4 rings (SSSR count). The molecule has 3 heteroatoms. The van der Waals surface area contributed by atoms with E-state index in [0.717, 1.165) is 18.5 Å². The lowest BCUT2D eigenvalue weighted by Gasteiger charge is -2.21. The van der Waals surface area contributed by atoms with E-state index in [0.29, 0.717) is 13.0 Å². The van der Waals surface area contributed by atoms with Gasteiger partial charge in [0.05, 0.1) is 6.42 Å². The molecule has 2 aromatic carbocycles. The third-order valence-electron chi connectivity index (χ3n) is 5.02. The summed E-state index contributed by atoms with van der Waals surface area (Å²) < 4.78 is 2.19. The van der Waals surface area contributed by atoms with E-state index in [4.69, 9.17) is 0 Å². The zero-order chi connectivity index (χ0) is 16.7. The van der Waals surface area contributed by atoms with Gasteiger partial charge in [-0.15, -0.1) is 0 Å². The Hall–Kier alpha value is -2.55. The Kier molecular flexibility index (Phi) is 3.64. The van der Waals surface area contributed by atoms with E-state index in [1.54, 1.807) is 0 Å². The number of hydrogen-bond acceptors (Lipinski definition) is 1. The third-order valence-corrected chi connectivity index (χ3v) is 5.02. The largest absolute Gasteiger partial charge is 0.350 e. The number of nitrogens with zero attached hydrogens (tertiary/aromatic N) is 2. The predicted molar refractivity (Wildman–Crippen MR) is 96.9 cm³/mol. The number of amides is 1. The summed E-state index contributed by atoms with van der Waals surface area (Å²) in [5, 5.41) is 1.34. The van der Waals surface area contributed by atoms with Crippen molar-refractivity contribution in [3.63, 3.8) is 0 Å². The Morgan fingerprint density at radius 3 is 2.67 bits per heavy atom. The van der Waals surface area contributed by atoms with E-state index in [9.17, 15) is 4.79 Å². The first-order chi connectivity index (χ1) is 11.6. The Labute approximate surface area is 142 Å². The molecule has 0 N–H and O–H groups in total. The van der Waals surface area contributed by atoms with Crippen molar-refractivity contribution in [3.05, 3.63) is 70.9 Å². The fourth-order valence-electron chi connectivity index (χ4n) is 3.69. The molecule has 3 nitrogen and oxygen atoms in total. The Morgan fingerprint density at radius 1 is 1.08 bits per heavy atom. The molecule has 2 heterocycles. The highest BCUT2D eigenvalue weighted by Gasteiger charge is 2.21. The van der Waals surface area contributed by atoms with Crippen molar-refractivity contribution < 1.29 is 4.79 Å². The van der Waals surface area contributed by atoms with Gasteiger partial charge in [-0.3, -0.25) is 4.79 Å². The minimum absolute atomic E-state index is 0.213. The number of hydrogen-bond donors (Lipinski definition) is 0. The molecular weight excluding hydrogens is 296 g/mol. The number of benzene rings is 2. The van der Waals surface area contributed by atoms with E-state index < -0.39 is 0 Å². The van der Waals surface area contributed by atoms with Gasteiger partial charge in [-0.1, -0.05) is 42.0 Å². The minimum Gasteiger partial charge on any atom is -0.350 e. The summed E-state index contributed by atoms with van der Waals surface area (Å²) in [6.45, 7) is 3.57. The molecule has 0 radical (unpaired) electrons. The smallest absolute Gasteiger partial charge is 0.227 e. The maximum Gasteiger partial charge on any atom is 0.227 e. The Bertz CT molecular complexity index is 905. The van der Waals surface area contributed by atoms with E-state index in [2.05, 4.69) is 67.2 Å². The number of aromatic nitrogens is 1. The molecule has 0 spiro atoms. The maximum absolute atomic E-state index is 12.8. The minimum atomic E-state index is 0.213. The first kappa shape index (κ1) is 15.0. The quantitative estimate of drug-likeness (QED) is 0.708. The lowest BCUT2D eigenvalue weighted by Crippen LogP contribution is -2.32. The average molecular weight is 318 g/mol. The predicted octanol–water partition coefficient (Wildman–Crippen LogP) is 3.61. The molecule has 1 amide bonds. The van der Waals surface area contributed by atoms with Crippen molar-refractivity contribution in [2.45, 2.75) is 26.3 Å². The lowest BCUT2D eigenvalue weighted by molar-refractivity contribution is -0.131. The summed E-state index contributed by atoms with van der Waals surface area (Å²) in [6, 6.07) is 14.7. The first-order valence-electron chi connectivity index (χ1n) is 8.51. The van der Waals surface area contributed by atoms with Crippen LogP contribution in [0.2, 0.25) is 0 Å². The molecule has 24 heavy (non-hydrogen) atoms. The van der Waals surface area contributed by atoms with Gasteiger partial charge in [-0.05, 0) is 36.1 Å². The summed E-state index contributed by atoms with van der Waals surface area (Å²) in [4.78, 5) is 14.8. The molecule has 3 aromatic rings.